The number of amides is 1. The van der Waals surface area contributed by atoms with E-state index < -0.39 is 0 Å². The van der Waals surface area contributed by atoms with Crippen molar-refractivity contribution in [3.8, 4) is 0 Å². The maximum atomic E-state index is 12.7. The predicted octanol–water partition coefficient (Wildman–Crippen LogP) is 4.52. The lowest BCUT2D eigenvalue weighted by molar-refractivity contribution is 0.103. The standard InChI is InChI=1S/C23H21N5O2S/c29-22(26-17-5-7-18(8-6-17)28-11-13-30-14-12-28)20-15-25-23(31-20)27-21-19-4-2-1-3-16(19)9-10-24-21/h1-10,15H,11-14H2,(H,26,29)(H,24,25,27). The second-order valence-corrected chi connectivity index (χ2v) is 8.17. The fourth-order valence-corrected chi connectivity index (χ4v) is 4.24. The normalized spacial score (nSPS) is 13.9. The number of pyridine rings is 1. The molecule has 0 spiro atoms. The first-order valence-corrected chi connectivity index (χ1v) is 10.9. The number of hydrogen-bond acceptors (Lipinski definition) is 7. The van der Waals surface area contributed by atoms with Crippen LogP contribution in [0.1, 0.15) is 9.67 Å². The maximum absolute atomic E-state index is 12.7. The van der Waals surface area contributed by atoms with Crippen molar-refractivity contribution in [2.75, 3.05) is 41.8 Å². The van der Waals surface area contributed by atoms with Crippen molar-refractivity contribution < 1.29 is 9.53 Å². The van der Waals surface area contributed by atoms with Gasteiger partial charge in [-0.05, 0) is 35.7 Å². The van der Waals surface area contributed by atoms with E-state index in [1.54, 1.807) is 12.4 Å². The summed E-state index contributed by atoms with van der Waals surface area (Å²) in [7, 11) is 0. The molecule has 31 heavy (non-hydrogen) atoms. The number of anilines is 4. The Labute approximate surface area is 183 Å². The van der Waals surface area contributed by atoms with E-state index in [-0.39, 0.29) is 5.91 Å². The molecule has 0 radical (unpaired) electrons. The number of fused-ring (bicyclic) bond motifs is 1. The fourth-order valence-electron chi connectivity index (χ4n) is 3.53. The monoisotopic (exact) mass is 431 g/mol. The highest BCUT2D eigenvalue weighted by atomic mass is 32.1. The molecule has 1 amide bonds. The third kappa shape index (κ3) is 4.35. The Kier molecular flexibility index (Phi) is 5.47. The molecule has 8 heteroatoms. The van der Waals surface area contributed by atoms with Crippen LogP contribution in [0.4, 0.5) is 22.3 Å². The molecule has 1 aliphatic rings. The minimum Gasteiger partial charge on any atom is -0.378 e. The average molecular weight is 432 g/mol. The fraction of sp³-hybridized carbons (Fsp3) is 0.174. The summed E-state index contributed by atoms with van der Waals surface area (Å²) < 4.78 is 5.39. The number of nitrogens with zero attached hydrogens (tertiary/aromatic N) is 3. The molecule has 2 aromatic heterocycles. The molecular weight excluding hydrogens is 410 g/mol. The highest BCUT2D eigenvalue weighted by Gasteiger charge is 2.14. The van der Waals surface area contributed by atoms with Crippen molar-refractivity contribution in [3.05, 3.63) is 71.9 Å². The maximum Gasteiger partial charge on any atom is 0.267 e. The lowest BCUT2D eigenvalue weighted by Gasteiger charge is -2.28. The zero-order chi connectivity index (χ0) is 21.0. The van der Waals surface area contributed by atoms with Gasteiger partial charge in [0.05, 0.1) is 19.4 Å². The van der Waals surface area contributed by atoms with Gasteiger partial charge in [-0.1, -0.05) is 35.6 Å². The summed E-state index contributed by atoms with van der Waals surface area (Å²) in [4.78, 5) is 24.2. The van der Waals surface area contributed by atoms with Crippen LogP contribution in [-0.4, -0.2) is 42.2 Å². The van der Waals surface area contributed by atoms with Gasteiger partial charge in [-0.15, -0.1) is 0 Å². The predicted molar refractivity (Wildman–Crippen MR) is 125 cm³/mol. The minimum atomic E-state index is -0.185. The van der Waals surface area contributed by atoms with Gasteiger partial charge >= 0.3 is 0 Å². The molecular formula is C23H21N5O2S. The third-order valence-corrected chi connectivity index (χ3v) is 6.04. The van der Waals surface area contributed by atoms with E-state index in [9.17, 15) is 4.79 Å². The number of carbonyl (C=O) groups is 1. The molecule has 0 atom stereocenters. The Hall–Kier alpha value is -3.49. The van der Waals surface area contributed by atoms with Crippen LogP contribution < -0.4 is 15.5 Å². The average Bonchev–Trinajstić information content (AvgIpc) is 3.29. The topological polar surface area (TPSA) is 79.4 Å². The molecule has 4 aromatic rings. The lowest BCUT2D eigenvalue weighted by atomic mass is 10.2. The van der Waals surface area contributed by atoms with Crippen molar-refractivity contribution in [1.82, 2.24) is 9.97 Å². The van der Waals surface area contributed by atoms with Crippen LogP contribution in [0.3, 0.4) is 0 Å². The lowest BCUT2D eigenvalue weighted by Crippen LogP contribution is -2.36. The van der Waals surface area contributed by atoms with Crippen LogP contribution in [0.15, 0.2) is 67.0 Å². The molecule has 0 saturated carbocycles. The summed E-state index contributed by atoms with van der Waals surface area (Å²) in [5.41, 5.74) is 1.88. The van der Waals surface area contributed by atoms with Crippen LogP contribution in [0, 0.1) is 0 Å². The molecule has 0 bridgehead atoms. The highest BCUT2D eigenvalue weighted by molar-refractivity contribution is 7.17. The van der Waals surface area contributed by atoms with Gasteiger partial charge in [0.15, 0.2) is 5.13 Å². The molecule has 1 aliphatic heterocycles. The van der Waals surface area contributed by atoms with Gasteiger partial charge in [0.25, 0.3) is 5.91 Å². The molecule has 5 rings (SSSR count). The van der Waals surface area contributed by atoms with Gasteiger partial charge in [0.2, 0.25) is 0 Å². The number of morpholine rings is 1. The van der Waals surface area contributed by atoms with Crippen molar-refractivity contribution in [2.45, 2.75) is 0 Å². The van der Waals surface area contributed by atoms with E-state index in [2.05, 4.69) is 25.5 Å². The zero-order valence-electron chi connectivity index (χ0n) is 16.7. The van der Waals surface area contributed by atoms with E-state index >= 15 is 0 Å². The zero-order valence-corrected chi connectivity index (χ0v) is 17.6. The summed E-state index contributed by atoms with van der Waals surface area (Å²) in [6.45, 7) is 3.25. The van der Waals surface area contributed by atoms with Crippen LogP contribution in [-0.2, 0) is 4.74 Å². The van der Waals surface area contributed by atoms with Crippen molar-refractivity contribution >= 4 is 50.3 Å². The van der Waals surface area contributed by atoms with Gasteiger partial charge in [0.1, 0.15) is 10.7 Å². The van der Waals surface area contributed by atoms with E-state index in [0.29, 0.717) is 10.0 Å². The number of thiazole rings is 1. The first-order chi connectivity index (χ1) is 15.3. The Morgan fingerprint density at radius 2 is 1.81 bits per heavy atom. The van der Waals surface area contributed by atoms with Crippen LogP contribution in [0.5, 0.6) is 0 Å². The molecule has 0 aliphatic carbocycles. The molecule has 1 fully saturated rings. The summed E-state index contributed by atoms with van der Waals surface area (Å²) in [6.07, 6.45) is 3.34. The van der Waals surface area contributed by atoms with Gasteiger partial charge in [-0.25, -0.2) is 9.97 Å². The summed E-state index contributed by atoms with van der Waals surface area (Å²) in [6, 6.07) is 17.8. The number of aromatic nitrogens is 2. The van der Waals surface area contributed by atoms with Gasteiger partial charge < -0.3 is 20.3 Å². The number of carbonyl (C=O) groups excluding carboxylic acids is 1. The quantitative estimate of drug-likeness (QED) is 0.484. The third-order valence-electron chi connectivity index (χ3n) is 5.13. The molecule has 2 N–H and O–H groups in total. The van der Waals surface area contributed by atoms with Crippen molar-refractivity contribution in [3.63, 3.8) is 0 Å². The van der Waals surface area contributed by atoms with E-state index in [1.807, 2.05) is 54.6 Å². The summed E-state index contributed by atoms with van der Waals surface area (Å²) in [5.74, 6) is 0.536. The molecule has 156 valence electrons. The minimum absolute atomic E-state index is 0.185. The number of ether oxygens (including phenoxy) is 1. The molecule has 7 nitrogen and oxygen atoms in total. The first-order valence-electron chi connectivity index (χ1n) is 10.1. The van der Waals surface area contributed by atoms with Crippen molar-refractivity contribution in [2.24, 2.45) is 0 Å². The Morgan fingerprint density at radius 3 is 2.65 bits per heavy atom. The SMILES string of the molecule is O=C(Nc1ccc(N2CCOCC2)cc1)c1cnc(Nc2nccc3ccccc23)s1. The van der Waals surface area contributed by atoms with E-state index in [4.69, 9.17) is 4.74 Å². The Balaban J connectivity index is 1.26. The molecule has 3 heterocycles. The van der Waals surface area contributed by atoms with Crippen LogP contribution in [0.2, 0.25) is 0 Å². The number of rotatable bonds is 5. The van der Waals surface area contributed by atoms with Crippen molar-refractivity contribution in [1.29, 1.82) is 0 Å². The number of hydrogen-bond donors (Lipinski definition) is 2. The Morgan fingerprint density at radius 1 is 1.00 bits per heavy atom. The molecule has 0 unspecified atom stereocenters. The highest BCUT2D eigenvalue weighted by Crippen LogP contribution is 2.27. The number of nitrogens with one attached hydrogen (secondary N) is 2. The Bertz CT molecular complexity index is 1200. The van der Waals surface area contributed by atoms with E-state index in [0.717, 1.165) is 54.3 Å². The largest absolute Gasteiger partial charge is 0.378 e. The van der Waals surface area contributed by atoms with Gasteiger partial charge in [0, 0.05) is 36.0 Å². The molecule has 2 aromatic carbocycles. The van der Waals surface area contributed by atoms with Crippen LogP contribution >= 0.6 is 11.3 Å². The molecule has 1 saturated heterocycles. The van der Waals surface area contributed by atoms with Gasteiger partial charge in [-0.2, -0.15) is 0 Å². The summed E-state index contributed by atoms with van der Waals surface area (Å²) in [5, 5.41) is 8.89. The van der Waals surface area contributed by atoms with Gasteiger partial charge in [-0.3, -0.25) is 4.79 Å². The second-order valence-electron chi connectivity index (χ2n) is 7.14. The van der Waals surface area contributed by atoms with Crippen LogP contribution in [0.25, 0.3) is 10.8 Å². The summed E-state index contributed by atoms with van der Waals surface area (Å²) >= 11 is 1.29. The number of benzene rings is 2. The first kappa shape index (κ1) is 19.5. The second kappa shape index (κ2) is 8.71. The smallest absolute Gasteiger partial charge is 0.267 e. The van der Waals surface area contributed by atoms with E-state index in [1.165, 1.54) is 11.3 Å².